The van der Waals surface area contributed by atoms with Gasteiger partial charge in [-0.25, -0.2) is 9.50 Å². The summed E-state index contributed by atoms with van der Waals surface area (Å²) in [6.45, 7) is 1.86. The number of carbonyl (C=O) groups is 2. The van der Waals surface area contributed by atoms with Crippen molar-refractivity contribution in [2.24, 2.45) is 5.92 Å². The minimum absolute atomic E-state index is 0.0231. The Morgan fingerprint density at radius 1 is 1.15 bits per heavy atom. The molecule has 4 rings (SSSR count). The van der Waals surface area contributed by atoms with Gasteiger partial charge < -0.3 is 5.32 Å². The predicted octanol–water partition coefficient (Wildman–Crippen LogP) is 3.06. The number of anilines is 1. The number of Topliss-reactive ketones (excluding diaryl/α,β-unsaturated/α-hetero) is 1. The van der Waals surface area contributed by atoms with Crippen molar-refractivity contribution in [3.05, 3.63) is 53.6 Å². The van der Waals surface area contributed by atoms with Crippen LogP contribution in [0.15, 0.2) is 36.5 Å². The summed E-state index contributed by atoms with van der Waals surface area (Å²) in [6, 6.07) is 8.90. The lowest BCUT2D eigenvalue weighted by atomic mass is 9.95. The molecule has 3 aromatic rings. The van der Waals surface area contributed by atoms with E-state index in [2.05, 4.69) is 20.4 Å². The number of aromatic nitrogens is 4. The smallest absolute Gasteiger partial charge is 0.295 e. The molecule has 0 unspecified atom stereocenters. The highest BCUT2D eigenvalue weighted by Gasteiger charge is 2.26. The summed E-state index contributed by atoms with van der Waals surface area (Å²) >= 11 is 0. The first-order valence-corrected chi connectivity index (χ1v) is 8.76. The Labute approximate surface area is 150 Å². The highest BCUT2D eigenvalue weighted by Crippen LogP contribution is 2.30. The molecule has 0 radical (unpaired) electrons. The van der Waals surface area contributed by atoms with Crippen LogP contribution >= 0.6 is 0 Å². The third kappa shape index (κ3) is 2.96. The lowest BCUT2D eigenvalue weighted by molar-refractivity contribution is 0.0924. The molecule has 1 aromatic carbocycles. The second-order valence-electron chi connectivity index (χ2n) is 6.58. The van der Waals surface area contributed by atoms with Crippen molar-refractivity contribution in [1.29, 1.82) is 0 Å². The molecule has 0 spiro atoms. The molecule has 2 aromatic heterocycles. The van der Waals surface area contributed by atoms with E-state index in [1.54, 1.807) is 30.5 Å². The lowest BCUT2D eigenvalue weighted by Gasteiger charge is -2.12. The van der Waals surface area contributed by atoms with Crippen LogP contribution in [0.2, 0.25) is 0 Å². The van der Waals surface area contributed by atoms with E-state index in [0.29, 0.717) is 17.0 Å². The Hall–Kier alpha value is -3.09. The van der Waals surface area contributed by atoms with Crippen LogP contribution in [-0.2, 0) is 0 Å². The summed E-state index contributed by atoms with van der Waals surface area (Å²) in [5.74, 6) is 0.0778. The number of benzene rings is 1. The highest BCUT2D eigenvalue weighted by atomic mass is 16.2. The van der Waals surface area contributed by atoms with E-state index in [-0.39, 0.29) is 17.5 Å². The van der Waals surface area contributed by atoms with E-state index < -0.39 is 5.91 Å². The molecule has 0 bridgehead atoms. The third-order valence-electron chi connectivity index (χ3n) is 4.80. The fourth-order valence-corrected chi connectivity index (χ4v) is 3.40. The summed E-state index contributed by atoms with van der Waals surface area (Å²) in [5.41, 5.74) is 1.88. The third-order valence-corrected chi connectivity index (χ3v) is 4.80. The summed E-state index contributed by atoms with van der Waals surface area (Å²) in [5, 5.41) is 6.99. The fourth-order valence-electron chi connectivity index (χ4n) is 3.40. The maximum absolute atomic E-state index is 12.8. The van der Waals surface area contributed by atoms with Gasteiger partial charge >= 0.3 is 0 Å². The number of hydrogen-bond acceptors (Lipinski definition) is 5. The molecular weight excluding hydrogens is 330 g/mol. The summed E-state index contributed by atoms with van der Waals surface area (Å²) in [4.78, 5) is 33.6. The van der Waals surface area contributed by atoms with Gasteiger partial charge in [-0.3, -0.25) is 9.59 Å². The van der Waals surface area contributed by atoms with Gasteiger partial charge in [0.1, 0.15) is 0 Å². The predicted molar refractivity (Wildman–Crippen MR) is 96.2 cm³/mol. The van der Waals surface area contributed by atoms with Crippen LogP contribution in [0, 0.1) is 12.8 Å². The van der Waals surface area contributed by atoms with Gasteiger partial charge in [0.25, 0.3) is 11.7 Å². The lowest BCUT2D eigenvalue weighted by Crippen LogP contribution is -2.18. The van der Waals surface area contributed by atoms with Crippen molar-refractivity contribution in [2.45, 2.75) is 32.6 Å². The molecule has 1 aliphatic rings. The number of rotatable bonds is 4. The Kier molecular flexibility index (Phi) is 4.20. The summed E-state index contributed by atoms with van der Waals surface area (Å²) < 4.78 is 1.52. The molecule has 7 heteroatoms. The maximum Gasteiger partial charge on any atom is 0.295 e. The summed E-state index contributed by atoms with van der Waals surface area (Å²) in [6.07, 6.45) is 5.63. The van der Waals surface area contributed by atoms with Gasteiger partial charge in [0.2, 0.25) is 5.82 Å². The van der Waals surface area contributed by atoms with Gasteiger partial charge in [-0.05, 0) is 38.0 Å². The number of carbonyl (C=O) groups excluding carboxylic acids is 2. The van der Waals surface area contributed by atoms with Crippen LogP contribution in [0.3, 0.4) is 0 Å². The zero-order valence-corrected chi connectivity index (χ0v) is 14.5. The molecule has 1 saturated carbocycles. The van der Waals surface area contributed by atoms with Gasteiger partial charge in [0.05, 0.1) is 5.69 Å². The number of amides is 1. The van der Waals surface area contributed by atoms with Crippen molar-refractivity contribution < 1.29 is 9.59 Å². The average molecular weight is 349 g/mol. The van der Waals surface area contributed by atoms with Crippen molar-refractivity contribution in [3.63, 3.8) is 0 Å². The SMILES string of the molecule is Cc1ccnc2nc(C(=O)Nc3ccccc3C(=O)C3CCCC3)nn12. The zero-order valence-electron chi connectivity index (χ0n) is 14.5. The Morgan fingerprint density at radius 3 is 2.69 bits per heavy atom. The highest BCUT2D eigenvalue weighted by molar-refractivity contribution is 6.09. The molecule has 2 heterocycles. The largest absolute Gasteiger partial charge is 0.319 e. The van der Waals surface area contributed by atoms with Crippen molar-refractivity contribution in [3.8, 4) is 0 Å². The van der Waals surface area contributed by atoms with Crippen LogP contribution < -0.4 is 5.32 Å². The second kappa shape index (κ2) is 6.67. The number of hydrogen-bond donors (Lipinski definition) is 1. The number of aryl methyl sites for hydroxylation is 1. The Bertz CT molecular complexity index is 989. The molecule has 26 heavy (non-hydrogen) atoms. The number of fused-ring (bicyclic) bond motifs is 1. The zero-order chi connectivity index (χ0) is 18.1. The van der Waals surface area contributed by atoms with Crippen LogP contribution in [0.1, 0.15) is 52.4 Å². The van der Waals surface area contributed by atoms with E-state index in [0.717, 1.165) is 31.4 Å². The molecule has 0 aliphatic heterocycles. The van der Waals surface area contributed by atoms with Crippen molar-refractivity contribution in [2.75, 3.05) is 5.32 Å². The minimum Gasteiger partial charge on any atom is -0.319 e. The molecule has 132 valence electrons. The van der Waals surface area contributed by atoms with E-state index in [1.807, 2.05) is 13.0 Å². The Balaban J connectivity index is 1.61. The van der Waals surface area contributed by atoms with Crippen LogP contribution in [0.4, 0.5) is 5.69 Å². The van der Waals surface area contributed by atoms with E-state index in [4.69, 9.17) is 0 Å². The number of nitrogens with one attached hydrogen (secondary N) is 1. The van der Waals surface area contributed by atoms with Crippen LogP contribution in [-0.4, -0.2) is 31.3 Å². The molecular formula is C19H19N5O2. The molecule has 1 amide bonds. The van der Waals surface area contributed by atoms with E-state index >= 15 is 0 Å². The number of ketones is 1. The monoisotopic (exact) mass is 349 g/mol. The minimum atomic E-state index is -0.457. The molecule has 0 saturated heterocycles. The Morgan fingerprint density at radius 2 is 1.92 bits per heavy atom. The quantitative estimate of drug-likeness (QED) is 0.731. The van der Waals surface area contributed by atoms with Crippen molar-refractivity contribution >= 4 is 23.2 Å². The first-order valence-electron chi connectivity index (χ1n) is 8.76. The van der Waals surface area contributed by atoms with Gasteiger partial charge in [0.15, 0.2) is 5.78 Å². The van der Waals surface area contributed by atoms with Gasteiger partial charge in [-0.15, -0.1) is 5.10 Å². The van der Waals surface area contributed by atoms with Crippen LogP contribution in [0.25, 0.3) is 5.78 Å². The molecule has 0 atom stereocenters. The van der Waals surface area contributed by atoms with E-state index in [9.17, 15) is 9.59 Å². The average Bonchev–Trinajstić information content (AvgIpc) is 3.32. The molecule has 7 nitrogen and oxygen atoms in total. The van der Waals surface area contributed by atoms with Crippen LogP contribution in [0.5, 0.6) is 0 Å². The number of para-hydroxylation sites is 1. The fraction of sp³-hybridized carbons (Fsp3) is 0.316. The second-order valence-corrected chi connectivity index (χ2v) is 6.58. The first-order chi connectivity index (χ1) is 12.6. The summed E-state index contributed by atoms with van der Waals surface area (Å²) in [7, 11) is 0. The molecule has 1 fully saturated rings. The van der Waals surface area contributed by atoms with E-state index in [1.165, 1.54) is 4.52 Å². The topological polar surface area (TPSA) is 89.2 Å². The first kappa shape index (κ1) is 16.4. The maximum atomic E-state index is 12.8. The standard InChI is InChI=1S/C19H19N5O2/c1-12-10-11-20-19-22-17(23-24(12)19)18(26)21-15-9-5-4-8-14(15)16(25)13-6-2-3-7-13/h4-5,8-11,13H,2-3,6-7H2,1H3,(H,21,26). The van der Waals surface area contributed by atoms with Crippen molar-refractivity contribution in [1.82, 2.24) is 19.6 Å². The normalized spacial score (nSPS) is 14.7. The van der Waals surface area contributed by atoms with Gasteiger partial charge in [-0.1, -0.05) is 25.0 Å². The van der Waals surface area contributed by atoms with Gasteiger partial charge in [0, 0.05) is 23.4 Å². The molecule has 1 aliphatic carbocycles. The number of nitrogens with zero attached hydrogens (tertiary/aromatic N) is 4. The molecule has 1 N–H and O–H groups in total. The van der Waals surface area contributed by atoms with Gasteiger partial charge in [-0.2, -0.15) is 4.98 Å².